The van der Waals surface area contributed by atoms with Crippen LogP contribution in [-0.4, -0.2) is 96.7 Å². The molecule has 0 aromatic heterocycles. The van der Waals surface area contributed by atoms with E-state index in [4.69, 9.17) is 37.0 Å². The highest BCUT2D eigenvalue weighted by Gasteiger charge is 2.30. The summed E-state index contributed by atoms with van der Waals surface area (Å²) in [7, 11) is -9.96. The van der Waals surface area contributed by atoms with Crippen molar-refractivity contribution in [3.05, 3.63) is 85.1 Å². The van der Waals surface area contributed by atoms with Gasteiger partial charge < -0.3 is 33.8 Å². The van der Waals surface area contributed by atoms with Gasteiger partial charge in [-0.15, -0.1) is 0 Å². The van der Waals surface area contributed by atoms with Crippen LogP contribution in [-0.2, 0) is 65.4 Å². The van der Waals surface area contributed by atoms with Crippen molar-refractivity contribution in [3.8, 4) is 0 Å². The van der Waals surface area contributed by atoms with E-state index in [1.54, 1.807) is 0 Å². The molecule has 2 unspecified atom stereocenters. The highest BCUT2D eigenvalue weighted by Crippen LogP contribution is 2.45. The van der Waals surface area contributed by atoms with Crippen LogP contribution < -0.4 is 0 Å². The average Bonchev–Trinajstić information content (AvgIpc) is 0.982. The average molecular weight is 1420 g/mol. The topological polar surface area (TPSA) is 237 Å². The van der Waals surface area contributed by atoms with E-state index in [1.165, 1.54) is 135 Å². The summed E-state index contributed by atoms with van der Waals surface area (Å²) in [5, 5.41) is 10.6. The fourth-order valence-electron chi connectivity index (χ4n) is 10.5. The van der Waals surface area contributed by atoms with Gasteiger partial charge in [-0.25, -0.2) is 9.13 Å². The van der Waals surface area contributed by atoms with E-state index >= 15 is 0 Å². The van der Waals surface area contributed by atoms with Gasteiger partial charge in [0.15, 0.2) is 12.2 Å². The predicted octanol–water partition coefficient (Wildman–Crippen LogP) is 22.2. The number of ether oxygens (including phenoxy) is 4. The van der Waals surface area contributed by atoms with E-state index in [0.29, 0.717) is 32.1 Å². The molecule has 0 amide bonds. The summed E-state index contributed by atoms with van der Waals surface area (Å²) in [6.45, 7) is 4.69. The SMILES string of the molecule is CC/C=C\C/C=C\C/C=C\C/C=C\C/C=C\C/C=C\CCC(=O)O[C@H](COC(=O)CCCCCCC/C=C\CCCCCC)COP(=O)(O)OC[C@@H](O)COP(=O)(O)OC[C@@H](COC(=O)CCCCCCCCCCCCCCC)OC(=O)CCCCCCCCCCCCCCC. The lowest BCUT2D eigenvalue weighted by Gasteiger charge is -2.21. The molecule has 19 heteroatoms. The van der Waals surface area contributed by atoms with Gasteiger partial charge in [-0.2, -0.15) is 0 Å². The first kappa shape index (κ1) is 94.2. The van der Waals surface area contributed by atoms with Crippen LogP contribution in [0.5, 0.6) is 0 Å². The first-order chi connectivity index (χ1) is 47.7. The standard InChI is InChI=1S/C79H140O17P2/c1-5-9-13-17-21-25-29-33-34-35-36-37-38-42-46-50-54-58-62-66-79(84)96-75(70-90-77(82)64-60-56-52-48-44-40-31-27-23-19-15-11-7-3)72-94-98(87,88)92-68-73(80)67-91-97(85,86)93-71-74(95-78(83)65-61-57-53-49-45-41-32-28-24-20-16-12-8-4)69-89-76(81)63-59-55-51-47-43-39-30-26-22-18-14-10-6-2/h9,13,21,25,27,31,33-34,36-37,42,46,54,58,73-75,80H,5-8,10-12,14-20,22-24,26,28-30,32,35,38-41,43-45,47-53,55-57,59-72H2,1-4H3,(H,85,86)(H,87,88)/b13-9-,25-21-,31-27-,34-33-,37-36-,46-42-,58-54-/t73-,74+,75+/m0/s1. The Bertz CT molecular complexity index is 2190. The summed E-state index contributed by atoms with van der Waals surface area (Å²) < 4.78 is 68.4. The first-order valence-corrected chi connectivity index (χ1v) is 41.8. The van der Waals surface area contributed by atoms with Crippen LogP contribution in [0, 0.1) is 0 Å². The van der Waals surface area contributed by atoms with Crippen LogP contribution >= 0.6 is 15.6 Å². The van der Waals surface area contributed by atoms with Gasteiger partial charge in [0.1, 0.15) is 19.3 Å². The lowest BCUT2D eigenvalue weighted by atomic mass is 10.0. The molecule has 0 aromatic carbocycles. The summed E-state index contributed by atoms with van der Waals surface area (Å²) in [4.78, 5) is 72.8. The highest BCUT2D eigenvalue weighted by molar-refractivity contribution is 7.47. The smallest absolute Gasteiger partial charge is 0.462 e. The van der Waals surface area contributed by atoms with E-state index in [9.17, 15) is 43.2 Å². The lowest BCUT2D eigenvalue weighted by molar-refractivity contribution is -0.161. The molecule has 0 aliphatic heterocycles. The molecule has 17 nitrogen and oxygen atoms in total. The van der Waals surface area contributed by atoms with E-state index in [-0.39, 0.29) is 25.7 Å². The first-order valence-electron chi connectivity index (χ1n) is 38.8. The monoisotopic (exact) mass is 1420 g/mol. The third-order valence-electron chi connectivity index (χ3n) is 16.4. The molecule has 0 saturated heterocycles. The number of aliphatic hydroxyl groups is 1. The number of hydrogen-bond donors (Lipinski definition) is 3. The van der Waals surface area contributed by atoms with Gasteiger partial charge in [0.2, 0.25) is 0 Å². The molecular formula is C79H140O17P2. The van der Waals surface area contributed by atoms with Gasteiger partial charge in [-0.05, 0) is 89.9 Å². The van der Waals surface area contributed by atoms with Crippen molar-refractivity contribution in [1.29, 1.82) is 0 Å². The zero-order valence-corrected chi connectivity index (χ0v) is 63.7. The van der Waals surface area contributed by atoms with Gasteiger partial charge >= 0.3 is 39.5 Å². The Labute approximate surface area is 595 Å². The van der Waals surface area contributed by atoms with E-state index in [0.717, 1.165) is 116 Å². The molecule has 0 radical (unpaired) electrons. The molecule has 0 rings (SSSR count). The Kier molecular flexibility index (Phi) is 68.9. The van der Waals surface area contributed by atoms with Gasteiger partial charge in [0.05, 0.1) is 26.4 Å². The fraction of sp³-hybridized carbons (Fsp3) is 0.772. The molecule has 0 aliphatic rings. The van der Waals surface area contributed by atoms with Gasteiger partial charge in [-0.1, -0.05) is 305 Å². The Morgan fingerprint density at radius 3 is 0.888 bits per heavy atom. The van der Waals surface area contributed by atoms with Crippen LogP contribution in [0.3, 0.4) is 0 Å². The second-order valence-electron chi connectivity index (χ2n) is 25.9. The van der Waals surface area contributed by atoms with Crippen LogP contribution in [0.2, 0.25) is 0 Å². The number of phosphoric acid groups is 2. The van der Waals surface area contributed by atoms with Crippen molar-refractivity contribution in [2.45, 2.75) is 354 Å². The number of carbonyl (C=O) groups excluding carboxylic acids is 4. The quantitative estimate of drug-likeness (QED) is 0.0169. The molecule has 0 aromatic rings. The Morgan fingerprint density at radius 2 is 0.551 bits per heavy atom. The van der Waals surface area contributed by atoms with E-state index < -0.39 is 97.5 Å². The summed E-state index contributed by atoms with van der Waals surface area (Å²) in [5.41, 5.74) is 0. The minimum absolute atomic E-state index is 0.0301. The molecule has 568 valence electrons. The molecule has 0 saturated carbocycles. The predicted molar refractivity (Wildman–Crippen MR) is 399 cm³/mol. The molecule has 0 aliphatic carbocycles. The number of rotatable bonds is 73. The molecule has 0 spiro atoms. The van der Waals surface area contributed by atoms with Crippen molar-refractivity contribution in [1.82, 2.24) is 0 Å². The number of hydrogen-bond acceptors (Lipinski definition) is 15. The summed E-state index contributed by atoms with van der Waals surface area (Å²) in [5.74, 6) is -2.26. The van der Waals surface area contributed by atoms with Gasteiger partial charge in [0.25, 0.3) is 0 Å². The summed E-state index contributed by atoms with van der Waals surface area (Å²) in [6, 6.07) is 0. The Hall–Kier alpha value is -3.76. The van der Waals surface area contributed by atoms with Crippen molar-refractivity contribution < 1.29 is 80.2 Å². The number of esters is 4. The van der Waals surface area contributed by atoms with E-state index in [2.05, 4.69) is 94.5 Å². The molecular weight excluding hydrogens is 1280 g/mol. The van der Waals surface area contributed by atoms with Gasteiger partial charge in [0, 0.05) is 25.7 Å². The Morgan fingerprint density at radius 1 is 0.296 bits per heavy atom. The third kappa shape index (κ3) is 70.7. The summed E-state index contributed by atoms with van der Waals surface area (Å²) in [6.07, 6.45) is 73.0. The van der Waals surface area contributed by atoms with Crippen LogP contribution in [0.25, 0.3) is 0 Å². The number of carbonyl (C=O) groups is 4. The Balaban J connectivity index is 5.39. The maximum Gasteiger partial charge on any atom is 0.472 e. The normalized spacial score (nSPS) is 14.4. The molecule has 0 fully saturated rings. The molecule has 98 heavy (non-hydrogen) atoms. The number of unbranched alkanes of at least 4 members (excludes halogenated alkanes) is 33. The molecule has 0 bridgehead atoms. The fourth-order valence-corrected chi connectivity index (χ4v) is 12.1. The second-order valence-corrected chi connectivity index (χ2v) is 28.8. The van der Waals surface area contributed by atoms with Crippen LogP contribution in [0.1, 0.15) is 336 Å². The number of aliphatic hydroxyl groups excluding tert-OH is 1. The zero-order chi connectivity index (χ0) is 71.8. The lowest BCUT2D eigenvalue weighted by Crippen LogP contribution is -2.30. The van der Waals surface area contributed by atoms with Crippen molar-refractivity contribution >= 4 is 39.5 Å². The number of allylic oxidation sites excluding steroid dienone is 14. The highest BCUT2D eigenvalue weighted by atomic mass is 31.2. The third-order valence-corrected chi connectivity index (χ3v) is 18.3. The molecule has 0 heterocycles. The van der Waals surface area contributed by atoms with Crippen LogP contribution in [0.4, 0.5) is 0 Å². The second kappa shape index (κ2) is 71.6. The zero-order valence-electron chi connectivity index (χ0n) is 62.0. The van der Waals surface area contributed by atoms with Crippen molar-refractivity contribution in [2.24, 2.45) is 0 Å². The van der Waals surface area contributed by atoms with E-state index in [1.807, 2.05) is 18.2 Å². The van der Waals surface area contributed by atoms with Crippen molar-refractivity contribution in [3.63, 3.8) is 0 Å². The molecule has 3 N–H and O–H groups in total. The molecule has 5 atom stereocenters. The maximum absolute atomic E-state index is 13.1. The largest absolute Gasteiger partial charge is 0.472 e. The maximum atomic E-state index is 13.1. The van der Waals surface area contributed by atoms with Crippen LogP contribution in [0.15, 0.2) is 85.1 Å². The number of phosphoric ester groups is 2. The summed E-state index contributed by atoms with van der Waals surface area (Å²) >= 11 is 0. The minimum atomic E-state index is -4.99. The minimum Gasteiger partial charge on any atom is -0.462 e. The van der Waals surface area contributed by atoms with Gasteiger partial charge in [-0.3, -0.25) is 37.3 Å². The van der Waals surface area contributed by atoms with Crippen molar-refractivity contribution in [2.75, 3.05) is 39.6 Å².